The van der Waals surface area contributed by atoms with Crippen LogP contribution in [0.5, 0.6) is 11.5 Å². The van der Waals surface area contributed by atoms with Crippen molar-refractivity contribution in [1.29, 1.82) is 0 Å². The summed E-state index contributed by atoms with van der Waals surface area (Å²) in [4.78, 5) is 10.7. The summed E-state index contributed by atoms with van der Waals surface area (Å²) in [6.07, 6.45) is 0. The summed E-state index contributed by atoms with van der Waals surface area (Å²) < 4.78 is 10.8. The summed E-state index contributed by atoms with van der Waals surface area (Å²) in [5.41, 5.74) is 4.65. The topological polar surface area (TPSA) is 50.4 Å². The molecule has 0 bridgehead atoms. The second-order valence-corrected chi connectivity index (χ2v) is 6.43. The molecule has 0 radical (unpaired) electrons. The summed E-state index contributed by atoms with van der Waals surface area (Å²) in [6, 6.07) is 9.92. The predicted molar refractivity (Wildman–Crippen MR) is 106 cm³/mol. The number of nitrogens with one attached hydrogen (secondary N) is 1. The van der Waals surface area contributed by atoms with Gasteiger partial charge in [0.2, 0.25) is 0 Å². The Labute approximate surface area is 152 Å². The van der Waals surface area contributed by atoms with E-state index in [2.05, 4.69) is 35.1 Å². The second-order valence-electron chi connectivity index (χ2n) is 6.02. The number of fused-ring (bicyclic) bond motifs is 1. The van der Waals surface area contributed by atoms with Crippen molar-refractivity contribution in [3.63, 3.8) is 0 Å². The van der Waals surface area contributed by atoms with E-state index in [1.807, 2.05) is 31.1 Å². The monoisotopic (exact) mass is 355 g/mol. The van der Waals surface area contributed by atoms with Crippen LogP contribution < -0.4 is 14.4 Å². The first-order chi connectivity index (χ1) is 12.0. The van der Waals surface area contributed by atoms with Crippen LogP contribution in [-0.2, 0) is 0 Å². The highest BCUT2D eigenvalue weighted by Crippen LogP contribution is 2.32. The van der Waals surface area contributed by atoms with Crippen LogP contribution in [0.25, 0.3) is 11.0 Å². The number of thiocarbonyl (C=S) groups is 1. The molecule has 0 aliphatic heterocycles. The van der Waals surface area contributed by atoms with Crippen LogP contribution in [0.15, 0.2) is 30.3 Å². The molecule has 0 atom stereocenters. The summed E-state index contributed by atoms with van der Waals surface area (Å²) in [5, 5.41) is 0. The summed E-state index contributed by atoms with van der Waals surface area (Å²) >= 11 is 5.75. The molecule has 1 aromatic heterocycles. The van der Waals surface area contributed by atoms with Crippen LogP contribution in [0.1, 0.15) is 17.0 Å². The first-order valence-corrected chi connectivity index (χ1v) is 8.30. The van der Waals surface area contributed by atoms with Gasteiger partial charge in [-0.05, 0) is 31.2 Å². The number of hydrogen-bond acceptors (Lipinski definition) is 5. The first kappa shape index (κ1) is 17.2. The lowest BCUT2D eigenvalue weighted by Gasteiger charge is -2.18. The van der Waals surface area contributed by atoms with E-state index in [1.165, 1.54) is 0 Å². The van der Waals surface area contributed by atoms with Gasteiger partial charge in [-0.2, -0.15) is 0 Å². The van der Waals surface area contributed by atoms with E-state index < -0.39 is 0 Å². The van der Waals surface area contributed by atoms with Gasteiger partial charge in [-0.3, -0.25) is 0 Å². The Morgan fingerprint density at radius 3 is 2.40 bits per heavy atom. The molecule has 3 rings (SSSR count). The number of methoxy groups -OCH3 is 2. The van der Waals surface area contributed by atoms with Gasteiger partial charge in [0.25, 0.3) is 0 Å². The zero-order valence-electron chi connectivity index (χ0n) is 15.0. The number of rotatable bonds is 5. The van der Waals surface area contributed by atoms with Gasteiger partial charge in [-0.25, -0.2) is 4.98 Å². The highest BCUT2D eigenvalue weighted by atomic mass is 32.1. The Kier molecular flexibility index (Phi) is 4.63. The molecular formula is C19H21N3O2S. The molecule has 130 valence electrons. The Hall–Kier alpha value is -2.60. The number of ether oxygens (including phenoxy) is 2. The fourth-order valence-electron chi connectivity index (χ4n) is 2.84. The Morgan fingerprint density at radius 1 is 1.08 bits per heavy atom. The fourth-order valence-corrected chi connectivity index (χ4v) is 3.10. The Balaban J connectivity index is 2.17. The molecule has 1 heterocycles. The van der Waals surface area contributed by atoms with Gasteiger partial charge >= 0.3 is 0 Å². The predicted octanol–water partition coefficient (Wildman–Crippen LogP) is 3.72. The standard InChI is InChI=1S/C19H21N3O2S/c1-11-6-7-13(22(2)3)12(10-11)18(25)19-20-16-14(23-4)8-9-15(24-5)17(16)21-19/h6-10H,1-5H3,(H,20,21). The lowest BCUT2D eigenvalue weighted by atomic mass is 10.1. The molecule has 1 N–H and O–H groups in total. The van der Waals surface area contributed by atoms with Crippen molar-refractivity contribution >= 4 is 33.8 Å². The minimum Gasteiger partial charge on any atom is -0.494 e. The van der Waals surface area contributed by atoms with Gasteiger partial charge in [-0.1, -0.05) is 23.8 Å². The maximum absolute atomic E-state index is 5.75. The summed E-state index contributed by atoms with van der Waals surface area (Å²) in [6.45, 7) is 2.05. The van der Waals surface area contributed by atoms with Crippen LogP contribution in [-0.4, -0.2) is 43.1 Å². The lowest BCUT2D eigenvalue weighted by Crippen LogP contribution is -2.14. The van der Waals surface area contributed by atoms with Crippen molar-refractivity contribution in [2.75, 3.05) is 33.2 Å². The van der Waals surface area contributed by atoms with Crippen molar-refractivity contribution in [3.8, 4) is 11.5 Å². The van der Waals surface area contributed by atoms with Gasteiger partial charge in [0, 0.05) is 25.3 Å². The highest BCUT2D eigenvalue weighted by Gasteiger charge is 2.18. The largest absolute Gasteiger partial charge is 0.494 e. The third-order valence-corrected chi connectivity index (χ3v) is 4.52. The van der Waals surface area contributed by atoms with Gasteiger partial charge < -0.3 is 19.4 Å². The van der Waals surface area contributed by atoms with Crippen LogP contribution in [0.4, 0.5) is 5.69 Å². The van der Waals surface area contributed by atoms with Crippen LogP contribution >= 0.6 is 12.2 Å². The zero-order chi connectivity index (χ0) is 18.1. The SMILES string of the molecule is COc1ccc(OC)c2[nH]c(C(=S)c3cc(C)ccc3N(C)C)nc12. The number of imidazole rings is 1. The lowest BCUT2D eigenvalue weighted by molar-refractivity contribution is 0.409. The molecule has 0 amide bonds. The fraction of sp³-hybridized carbons (Fsp3) is 0.263. The minimum absolute atomic E-state index is 0.626. The van der Waals surface area contributed by atoms with E-state index in [4.69, 9.17) is 21.7 Å². The van der Waals surface area contributed by atoms with Crippen LogP contribution in [0, 0.1) is 6.92 Å². The summed E-state index contributed by atoms with van der Waals surface area (Å²) in [5.74, 6) is 2.01. The molecule has 0 saturated heterocycles. The van der Waals surface area contributed by atoms with Crippen molar-refractivity contribution in [2.45, 2.75) is 6.92 Å². The average molecular weight is 355 g/mol. The average Bonchev–Trinajstić information content (AvgIpc) is 3.05. The third-order valence-electron chi connectivity index (χ3n) is 4.10. The second kappa shape index (κ2) is 6.72. The molecular weight excluding hydrogens is 334 g/mol. The van der Waals surface area contributed by atoms with Crippen molar-refractivity contribution in [2.24, 2.45) is 0 Å². The number of hydrogen-bond donors (Lipinski definition) is 1. The molecule has 6 heteroatoms. The molecule has 0 aliphatic rings. The van der Waals surface area contributed by atoms with Gasteiger partial charge in [0.1, 0.15) is 28.4 Å². The van der Waals surface area contributed by atoms with Crippen molar-refractivity contribution < 1.29 is 9.47 Å². The molecule has 3 aromatic rings. The van der Waals surface area contributed by atoms with E-state index in [1.54, 1.807) is 14.2 Å². The van der Waals surface area contributed by atoms with Gasteiger partial charge in [0.05, 0.1) is 19.1 Å². The van der Waals surface area contributed by atoms with E-state index >= 15 is 0 Å². The maximum atomic E-state index is 5.75. The number of anilines is 1. The highest BCUT2D eigenvalue weighted by molar-refractivity contribution is 7.81. The smallest absolute Gasteiger partial charge is 0.150 e. The van der Waals surface area contributed by atoms with E-state index in [0.717, 1.165) is 22.3 Å². The van der Waals surface area contributed by atoms with Crippen LogP contribution in [0.2, 0.25) is 0 Å². The molecule has 0 fully saturated rings. The molecule has 0 aliphatic carbocycles. The molecule has 2 aromatic carbocycles. The molecule has 0 saturated carbocycles. The van der Waals surface area contributed by atoms with E-state index in [-0.39, 0.29) is 0 Å². The Morgan fingerprint density at radius 2 is 1.76 bits per heavy atom. The quantitative estimate of drug-likeness (QED) is 0.558. The number of nitrogens with zero attached hydrogens (tertiary/aromatic N) is 2. The van der Waals surface area contributed by atoms with Gasteiger partial charge in [0.15, 0.2) is 0 Å². The van der Waals surface area contributed by atoms with E-state index in [9.17, 15) is 0 Å². The molecule has 0 spiro atoms. The molecule has 5 nitrogen and oxygen atoms in total. The van der Waals surface area contributed by atoms with Crippen molar-refractivity contribution in [1.82, 2.24) is 9.97 Å². The third kappa shape index (κ3) is 3.05. The zero-order valence-corrected chi connectivity index (χ0v) is 15.8. The number of aromatic amines is 1. The molecule has 0 unspecified atom stereocenters. The maximum Gasteiger partial charge on any atom is 0.150 e. The van der Waals surface area contributed by atoms with Crippen molar-refractivity contribution in [3.05, 3.63) is 47.3 Å². The molecule has 25 heavy (non-hydrogen) atoms. The number of aromatic nitrogens is 2. The summed E-state index contributed by atoms with van der Waals surface area (Å²) in [7, 11) is 7.26. The minimum atomic E-state index is 0.626. The first-order valence-electron chi connectivity index (χ1n) is 7.89. The Bertz CT molecular complexity index is 906. The number of aryl methyl sites for hydroxylation is 1. The van der Waals surface area contributed by atoms with Gasteiger partial charge in [-0.15, -0.1) is 0 Å². The number of benzene rings is 2. The van der Waals surface area contributed by atoms with E-state index in [0.29, 0.717) is 27.7 Å². The number of H-pyrrole nitrogens is 1. The normalized spacial score (nSPS) is 10.8. The van der Waals surface area contributed by atoms with Crippen LogP contribution in [0.3, 0.4) is 0 Å².